The van der Waals surface area contributed by atoms with E-state index in [-0.39, 0.29) is 36.8 Å². The molecule has 1 atom stereocenters. The number of thiazole rings is 1. The summed E-state index contributed by atoms with van der Waals surface area (Å²) in [6, 6.07) is 8.14. The Morgan fingerprint density at radius 1 is 1.35 bits per heavy atom. The van der Waals surface area contributed by atoms with Crippen LogP contribution in [0.25, 0.3) is 10.6 Å². The van der Waals surface area contributed by atoms with Crippen LogP contribution in [-0.2, 0) is 11.2 Å². The quantitative estimate of drug-likeness (QED) is 0.754. The molecule has 1 aliphatic heterocycles. The number of nitrogens with zero attached hydrogens (tertiary/aromatic N) is 1. The predicted octanol–water partition coefficient (Wildman–Crippen LogP) is 3.46. The van der Waals surface area contributed by atoms with Gasteiger partial charge in [0.05, 0.1) is 18.7 Å². The van der Waals surface area contributed by atoms with E-state index in [4.69, 9.17) is 4.74 Å². The van der Waals surface area contributed by atoms with E-state index in [0.29, 0.717) is 13.0 Å². The van der Waals surface area contributed by atoms with Crippen molar-refractivity contribution in [3.63, 3.8) is 0 Å². The molecule has 1 aromatic heterocycles. The third-order valence-corrected chi connectivity index (χ3v) is 4.91. The van der Waals surface area contributed by atoms with Crippen LogP contribution in [0.3, 0.4) is 0 Å². The van der Waals surface area contributed by atoms with Crippen molar-refractivity contribution in [1.82, 2.24) is 15.6 Å². The third kappa shape index (κ3) is 6.43. The van der Waals surface area contributed by atoms with Gasteiger partial charge in [-0.2, -0.15) is 0 Å². The highest BCUT2D eigenvalue weighted by Crippen LogP contribution is 2.26. The molecule has 0 aliphatic carbocycles. The second kappa shape index (κ2) is 11.4. The molecule has 1 unspecified atom stereocenters. The molecular formula is C18H25Cl2N3O2S. The Hall–Kier alpha value is -1.34. The molecule has 0 radical (unpaired) electrons. The van der Waals surface area contributed by atoms with Gasteiger partial charge in [-0.25, -0.2) is 4.98 Å². The number of hydrogen-bond donors (Lipinski definition) is 2. The highest BCUT2D eigenvalue weighted by molar-refractivity contribution is 7.13. The molecule has 1 aromatic carbocycles. The smallest absolute Gasteiger partial charge is 0.226 e. The van der Waals surface area contributed by atoms with E-state index in [0.717, 1.165) is 47.9 Å². The lowest BCUT2D eigenvalue weighted by molar-refractivity contribution is -0.121. The molecule has 0 bridgehead atoms. The van der Waals surface area contributed by atoms with Gasteiger partial charge in [0.1, 0.15) is 10.8 Å². The largest absolute Gasteiger partial charge is 0.494 e. The summed E-state index contributed by atoms with van der Waals surface area (Å²) >= 11 is 1.57. The second-order valence-electron chi connectivity index (χ2n) is 5.89. The average molecular weight is 418 g/mol. The fraction of sp³-hybridized carbons (Fsp3) is 0.444. The summed E-state index contributed by atoms with van der Waals surface area (Å²) in [6.45, 7) is 4.53. The predicted molar refractivity (Wildman–Crippen MR) is 111 cm³/mol. The first-order chi connectivity index (χ1) is 11.7. The monoisotopic (exact) mass is 417 g/mol. The van der Waals surface area contributed by atoms with Gasteiger partial charge in [-0.3, -0.25) is 4.79 Å². The van der Waals surface area contributed by atoms with Crippen LogP contribution in [0.2, 0.25) is 0 Å². The summed E-state index contributed by atoms with van der Waals surface area (Å²) in [5.41, 5.74) is 1.87. The minimum absolute atomic E-state index is 0. The van der Waals surface area contributed by atoms with E-state index in [1.165, 1.54) is 0 Å². The van der Waals surface area contributed by atoms with Crippen LogP contribution in [0, 0.1) is 0 Å². The summed E-state index contributed by atoms with van der Waals surface area (Å²) < 4.78 is 5.45. The molecule has 5 nitrogen and oxygen atoms in total. The molecule has 1 fully saturated rings. The lowest BCUT2D eigenvalue weighted by Gasteiger charge is -2.23. The number of carbonyl (C=O) groups is 1. The zero-order valence-corrected chi connectivity index (χ0v) is 17.1. The molecule has 2 aromatic rings. The number of halogens is 2. The van der Waals surface area contributed by atoms with Gasteiger partial charge in [-0.1, -0.05) is 0 Å². The summed E-state index contributed by atoms with van der Waals surface area (Å²) in [4.78, 5) is 16.7. The summed E-state index contributed by atoms with van der Waals surface area (Å²) in [5.74, 6) is 0.908. The Morgan fingerprint density at radius 2 is 2.12 bits per heavy atom. The maximum absolute atomic E-state index is 12.2. The number of amides is 1. The zero-order chi connectivity index (χ0) is 16.8. The number of hydrogen-bond acceptors (Lipinski definition) is 5. The minimum Gasteiger partial charge on any atom is -0.494 e. The minimum atomic E-state index is 0. The third-order valence-electron chi connectivity index (χ3n) is 3.97. The van der Waals surface area contributed by atoms with Crippen molar-refractivity contribution in [3.8, 4) is 16.3 Å². The Balaban J connectivity index is 0.00000169. The first-order valence-corrected chi connectivity index (χ1v) is 9.30. The van der Waals surface area contributed by atoms with Crippen molar-refractivity contribution in [3.05, 3.63) is 35.3 Å². The van der Waals surface area contributed by atoms with Crippen molar-refractivity contribution in [1.29, 1.82) is 0 Å². The highest BCUT2D eigenvalue weighted by atomic mass is 35.5. The number of benzene rings is 1. The van der Waals surface area contributed by atoms with Gasteiger partial charge >= 0.3 is 0 Å². The zero-order valence-electron chi connectivity index (χ0n) is 14.7. The van der Waals surface area contributed by atoms with Crippen LogP contribution in [0.4, 0.5) is 0 Å². The molecule has 2 N–H and O–H groups in total. The van der Waals surface area contributed by atoms with Crippen molar-refractivity contribution in [2.45, 2.75) is 32.2 Å². The summed E-state index contributed by atoms with van der Waals surface area (Å²) in [7, 11) is 0. The van der Waals surface area contributed by atoms with Gasteiger partial charge in [0.2, 0.25) is 5.91 Å². The standard InChI is InChI=1S/C18H23N3O2S.2ClH/c1-2-23-16-7-5-13(6-8-16)18-21-15(12-24-18)10-17(22)20-14-4-3-9-19-11-14;;/h5-8,12,14,19H,2-4,9-11H2,1H3,(H,20,22);2*1H. The van der Waals surface area contributed by atoms with Crippen LogP contribution >= 0.6 is 36.2 Å². The van der Waals surface area contributed by atoms with E-state index in [2.05, 4.69) is 15.6 Å². The number of piperidine rings is 1. The molecule has 1 aliphatic rings. The number of aromatic nitrogens is 1. The van der Waals surface area contributed by atoms with Gasteiger partial charge in [-0.15, -0.1) is 36.2 Å². The number of ether oxygens (including phenoxy) is 1. The Morgan fingerprint density at radius 3 is 2.77 bits per heavy atom. The van der Waals surface area contributed by atoms with Gasteiger partial charge < -0.3 is 15.4 Å². The van der Waals surface area contributed by atoms with E-state index < -0.39 is 0 Å². The first-order valence-electron chi connectivity index (χ1n) is 8.42. The molecule has 0 saturated carbocycles. The van der Waals surface area contributed by atoms with Gasteiger partial charge in [0, 0.05) is 23.5 Å². The SMILES string of the molecule is CCOc1ccc(-c2nc(CC(=O)NC3CCCNC3)cs2)cc1.Cl.Cl. The normalized spacial score (nSPS) is 16.1. The van der Waals surface area contributed by atoms with Crippen molar-refractivity contribution in [2.24, 2.45) is 0 Å². The Labute approximate surface area is 170 Å². The van der Waals surface area contributed by atoms with E-state index in [9.17, 15) is 4.79 Å². The van der Waals surface area contributed by atoms with E-state index in [1.807, 2.05) is 36.6 Å². The number of nitrogens with one attached hydrogen (secondary N) is 2. The fourth-order valence-electron chi connectivity index (χ4n) is 2.80. The molecule has 1 amide bonds. The maximum Gasteiger partial charge on any atom is 0.226 e. The van der Waals surface area contributed by atoms with E-state index >= 15 is 0 Å². The molecule has 2 heterocycles. The van der Waals surface area contributed by atoms with Gasteiger partial charge in [0.15, 0.2) is 0 Å². The Bertz CT molecular complexity index is 673. The lowest BCUT2D eigenvalue weighted by Crippen LogP contribution is -2.46. The van der Waals surface area contributed by atoms with Crippen molar-refractivity contribution < 1.29 is 9.53 Å². The second-order valence-corrected chi connectivity index (χ2v) is 6.75. The highest BCUT2D eigenvalue weighted by Gasteiger charge is 2.16. The lowest BCUT2D eigenvalue weighted by atomic mass is 10.1. The Kier molecular flexibility index (Phi) is 9.94. The number of rotatable bonds is 6. The molecule has 26 heavy (non-hydrogen) atoms. The van der Waals surface area contributed by atoms with E-state index in [1.54, 1.807) is 11.3 Å². The molecule has 144 valence electrons. The van der Waals surface area contributed by atoms with Crippen LogP contribution < -0.4 is 15.4 Å². The molecule has 3 rings (SSSR count). The van der Waals surface area contributed by atoms with Gasteiger partial charge in [-0.05, 0) is 50.6 Å². The van der Waals surface area contributed by atoms with Crippen LogP contribution in [0.1, 0.15) is 25.5 Å². The summed E-state index contributed by atoms with van der Waals surface area (Å²) in [6.07, 6.45) is 2.50. The van der Waals surface area contributed by atoms with Crippen LogP contribution in [0.5, 0.6) is 5.75 Å². The van der Waals surface area contributed by atoms with Crippen LogP contribution in [0.15, 0.2) is 29.6 Å². The molecular weight excluding hydrogens is 393 g/mol. The first kappa shape index (κ1) is 22.7. The van der Waals surface area contributed by atoms with Crippen LogP contribution in [-0.4, -0.2) is 36.6 Å². The summed E-state index contributed by atoms with van der Waals surface area (Å²) in [5, 5.41) is 9.28. The van der Waals surface area contributed by atoms with Crippen molar-refractivity contribution >= 4 is 42.1 Å². The maximum atomic E-state index is 12.2. The average Bonchev–Trinajstić information content (AvgIpc) is 3.05. The number of carbonyl (C=O) groups excluding carboxylic acids is 1. The molecule has 8 heteroatoms. The van der Waals surface area contributed by atoms with Crippen molar-refractivity contribution in [2.75, 3.05) is 19.7 Å². The molecule has 1 saturated heterocycles. The fourth-order valence-corrected chi connectivity index (χ4v) is 3.63. The molecule has 0 spiro atoms. The topological polar surface area (TPSA) is 63.2 Å². The van der Waals surface area contributed by atoms with Gasteiger partial charge in [0.25, 0.3) is 0 Å².